The van der Waals surface area contributed by atoms with Gasteiger partial charge in [0.05, 0.1) is 0 Å². The molecule has 0 aliphatic heterocycles. The van der Waals surface area contributed by atoms with Gasteiger partial charge in [-0.2, -0.15) is 0 Å². The molecule has 2 rings (SSSR count). The lowest BCUT2D eigenvalue weighted by atomic mass is 10.1. The van der Waals surface area contributed by atoms with E-state index in [1.165, 1.54) is 6.07 Å². The molecule has 0 aliphatic rings. The van der Waals surface area contributed by atoms with Crippen LogP contribution >= 0.6 is 0 Å². The topological polar surface area (TPSA) is 63.8 Å². The highest BCUT2D eigenvalue weighted by molar-refractivity contribution is 5.66. The van der Waals surface area contributed by atoms with Gasteiger partial charge in [0.25, 0.3) is 0 Å². The van der Waals surface area contributed by atoms with Crippen LogP contribution in [-0.4, -0.2) is 9.97 Å². The Balaban J connectivity index is 2.45. The molecule has 0 aliphatic carbocycles. The van der Waals surface area contributed by atoms with Crippen LogP contribution in [0.2, 0.25) is 0 Å². The van der Waals surface area contributed by atoms with Crippen LogP contribution in [0, 0.1) is 19.7 Å². The monoisotopic (exact) mass is 274 g/mol. The van der Waals surface area contributed by atoms with Crippen LogP contribution in [-0.2, 0) is 0 Å². The van der Waals surface area contributed by atoms with Crippen LogP contribution in [0.15, 0.2) is 18.2 Å². The summed E-state index contributed by atoms with van der Waals surface area (Å²) < 4.78 is 13.6. The van der Waals surface area contributed by atoms with E-state index >= 15 is 0 Å². The van der Waals surface area contributed by atoms with E-state index in [-0.39, 0.29) is 11.7 Å². The van der Waals surface area contributed by atoms with Gasteiger partial charge >= 0.3 is 0 Å². The molecule has 0 fully saturated rings. The second-order valence-electron chi connectivity index (χ2n) is 5.13. The molecule has 0 amide bonds. The molecular weight excluding hydrogens is 255 g/mol. The standard InChI is InChI=1S/C15H19FN4/c1-8(2)14-19-13(17)10(4)15(20-14)18-12-7-5-6-11(16)9(12)3/h5-8H,1-4H3,(H3,17,18,19,20). The molecule has 0 radical (unpaired) electrons. The highest BCUT2D eigenvalue weighted by Gasteiger charge is 2.12. The predicted octanol–water partition coefficient (Wildman–Crippen LogP) is 3.68. The zero-order chi connectivity index (χ0) is 14.9. The summed E-state index contributed by atoms with van der Waals surface area (Å²) in [6.07, 6.45) is 0. The third kappa shape index (κ3) is 2.71. The van der Waals surface area contributed by atoms with Crippen molar-refractivity contribution in [3.63, 3.8) is 0 Å². The van der Waals surface area contributed by atoms with E-state index in [0.717, 1.165) is 5.56 Å². The van der Waals surface area contributed by atoms with Gasteiger partial charge in [-0.05, 0) is 26.0 Å². The highest BCUT2D eigenvalue weighted by atomic mass is 19.1. The van der Waals surface area contributed by atoms with E-state index in [0.29, 0.717) is 28.7 Å². The van der Waals surface area contributed by atoms with Crippen LogP contribution in [0.3, 0.4) is 0 Å². The number of rotatable bonds is 3. The number of nitrogens with one attached hydrogen (secondary N) is 1. The van der Waals surface area contributed by atoms with Gasteiger partial charge in [0, 0.05) is 22.7 Å². The average molecular weight is 274 g/mol. The van der Waals surface area contributed by atoms with Crippen LogP contribution in [0.25, 0.3) is 0 Å². The van der Waals surface area contributed by atoms with Crippen molar-refractivity contribution in [2.24, 2.45) is 0 Å². The molecule has 5 heteroatoms. The SMILES string of the molecule is Cc1c(F)cccc1Nc1nc(C(C)C)nc(N)c1C. The summed E-state index contributed by atoms with van der Waals surface area (Å²) in [5, 5.41) is 3.15. The van der Waals surface area contributed by atoms with E-state index in [4.69, 9.17) is 5.73 Å². The van der Waals surface area contributed by atoms with Gasteiger partial charge in [-0.15, -0.1) is 0 Å². The molecule has 0 bridgehead atoms. The number of hydrogen-bond donors (Lipinski definition) is 2. The number of benzene rings is 1. The number of nitrogens with two attached hydrogens (primary N) is 1. The summed E-state index contributed by atoms with van der Waals surface area (Å²) in [6.45, 7) is 7.57. The molecule has 0 atom stereocenters. The van der Waals surface area contributed by atoms with Crippen molar-refractivity contribution >= 4 is 17.3 Å². The second-order valence-corrected chi connectivity index (χ2v) is 5.13. The summed E-state index contributed by atoms with van der Waals surface area (Å²) in [5.74, 6) is 1.66. The lowest BCUT2D eigenvalue weighted by Gasteiger charge is -2.15. The van der Waals surface area contributed by atoms with Crippen LogP contribution in [0.5, 0.6) is 0 Å². The number of nitrogens with zero attached hydrogens (tertiary/aromatic N) is 2. The third-order valence-electron chi connectivity index (χ3n) is 3.24. The minimum Gasteiger partial charge on any atom is -0.383 e. The lowest BCUT2D eigenvalue weighted by molar-refractivity contribution is 0.619. The van der Waals surface area contributed by atoms with Crippen LogP contribution in [0.4, 0.5) is 21.7 Å². The van der Waals surface area contributed by atoms with Gasteiger partial charge in [0.15, 0.2) is 0 Å². The molecule has 106 valence electrons. The van der Waals surface area contributed by atoms with E-state index in [2.05, 4.69) is 15.3 Å². The molecule has 3 N–H and O–H groups in total. The van der Waals surface area contributed by atoms with Crippen molar-refractivity contribution < 1.29 is 4.39 Å². The Morgan fingerprint density at radius 2 is 1.85 bits per heavy atom. The van der Waals surface area contributed by atoms with Crippen molar-refractivity contribution in [3.05, 3.63) is 41.0 Å². The zero-order valence-corrected chi connectivity index (χ0v) is 12.2. The van der Waals surface area contributed by atoms with Gasteiger partial charge < -0.3 is 11.1 Å². The van der Waals surface area contributed by atoms with Gasteiger partial charge in [-0.3, -0.25) is 0 Å². The minimum absolute atomic E-state index is 0.173. The fourth-order valence-electron chi connectivity index (χ4n) is 1.80. The maximum absolute atomic E-state index is 13.6. The fraction of sp³-hybridized carbons (Fsp3) is 0.333. The molecule has 1 aromatic carbocycles. The summed E-state index contributed by atoms with van der Waals surface area (Å²) in [4.78, 5) is 8.74. The molecule has 20 heavy (non-hydrogen) atoms. The first-order valence-corrected chi connectivity index (χ1v) is 6.56. The Morgan fingerprint density at radius 1 is 1.15 bits per heavy atom. The van der Waals surface area contributed by atoms with Gasteiger partial charge in [-0.25, -0.2) is 14.4 Å². The molecule has 0 spiro atoms. The molecule has 0 saturated heterocycles. The number of hydrogen-bond acceptors (Lipinski definition) is 4. The van der Waals surface area contributed by atoms with Crippen LogP contribution in [0.1, 0.15) is 36.7 Å². The summed E-state index contributed by atoms with van der Waals surface area (Å²) in [5.41, 5.74) is 7.91. The van der Waals surface area contributed by atoms with Crippen LogP contribution < -0.4 is 11.1 Å². The Labute approximate surface area is 118 Å². The number of aromatic nitrogens is 2. The van der Waals surface area contributed by atoms with Gasteiger partial charge in [-0.1, -0.05) is 19.9 Å². The average Bonchev–Trinajstić information content (AvgIpc) is 2.39. The zero-order valence-electron chi connectivity index (χ0n) is 12.2. The maximum Gasteiger partial charge on any atom is 0.139 e. The Bertz CT molecular complexity index is 638. The third-order valence-corrected chi connectivity index (χ3v) is 3.24. The highest BCUT2D eigenvalue weighted by Crippen LogP contribution is 2.26. The molecular formula is C15H19FN4. The Hall–Kier alpha value is -2.17. The normalized spacial score (nSPS) is 10.9. The smallest absolute Gasteiger partial charge is 0.139 e. The molecule has 2 aromatic rings. The van der Waals surface area contributed by atoms with E-state index in [9.17, 15) is 4.39 Å². The van der Waals surface area contributed by atoms with E-state index < -0.39 is 0 Å². The first kappa shape index (κ1) is 14.2. The van der Waals surface area contributed by atoms with Crippen molar-refractivity contribution in [2.75, 3.05) is 11.1 Å². The van der Waals surface area contributed by atoms with Crippen molar-refractivity contribution in [1.82, 2.24) is 9.97 Å². The Kier molecular flexibility index (Phi) is 3.88. The largest absolute Gasteiger partial charge is 0.383 e. The number of halogens is 1. The maximum atomic E-state index is 13.6. The number of nitrogen functional groups attached to an aromatic ring is 1. The second kappa shape index (κ2) is 5.45. The van der Waals surface area contributed by atoms with Crippen molar-refractivity contribution in [1.29, 1.82) is 0 Å². The minimum atomic E-state index is -0.251. The summed E-state index contributed by atoms with van der Waals surface area (Å²) in [7, 11) is 0. The lowest BCUT2D eigenvalue weighted by Crippen LogP contribution is -2.08. The molecule has 0 unspecified atom stereocenters. The molecule has 1 aromatic heterocycles. The number of anilines is 3. The molecule has 0 saturated carbocycles. The van der Waals surface area contributed by atoms with E-state index in [1.807, 2.05) is 26.8 Å². The predicted molar refractivity (Wildman–Crippen MR) is 79.7 cm³/mol. The first-order chi connectivity index (χ1) is 9.40. The fourth-order valence-corrected chi connectivity index (χ4v) is 1.80. The van der Waals surface area contributed by atoms with E-state index in [1.54, 1.807) is 13.0 Å². The van der Waals surface area contributed by atoms with Crippen molar-refractivity contribution in [3.8, 4) is 0 Å². The Morgan fingerprint density at radius 3 is 2.50 bits per heavy atom. The van der Waals surface area contributed by atoms with Crippen molar-refractivity contribution in [2.45, 2.75) is 33.6 Å². The molecule has 1 heterocycles. The molecule has 4 nitrogen and oxygen atoms in total. The summed E-state index contributed by atoms with van der Waals surface area (Å²) in [6, 6.07) is 4.90. The summed E-state index contributed by atoms with van der Waals surface area (Å²) >= 11 is 0. The first-order valence-electron chi connectivity index (χ1n) is 6.56. The van der Waals surface area contributed by atoms with Gasteiger partial charge in [0.2, 0.25) is 0 Å². The quantitative estimate of drug-likeness (QED) is 0.896. The van der Waals surface area contributed by atoms with Gasteiger partial charge in [0.1, 0.15) is 23.3 Å².